The van der Waals surface area contributed by atoms with E-state index in [0.717, 1.165) is 19.6 Å². The summed E-state index contributed by atoms with van der Waals surface area (Å²) in [6.45, 7) is 6.10. The van der Waals surface area contributed by atoms with Crippen molar-refractivity contribution in [2.45, 2.75) is 38.9 Å². The number of imidazole rings is 1. The van der Waals surface area contributed by atoms with Crippen LogP contribution in [0, 0.1) is 0 Å². The van der Waals surface area contributed by atoms with Gasteiger partial charge in [-0.05, 0) is 26.3 Å². The minimum absolute atomic E-state index is 0.574. The Balaban J connectivity index is 2.01. The molecule has 1 unspecified atom stereocenters. The van der Waals surface area contributed by atoms with Gasteiger partial charge in [0.05, 0.1) is 12.0 Å². The first kappa shape index (κ1) is 10.6. The topological polar surface area (TPSA) is 47.1 Å². The molecule has 0 aromatic carbocycles. The van der Waals surface area contributed by atoms with Gasteiger partial charge in [-0.25, -0.2) is 4.98 Å². The lowest BCUT2D eigenvalue weighted by atomic mass is 10.2. The number of hydrogen-bond acceptors (Lipinski definition) is 3. The van der Waals surface area contributed by atoms with Crippen LogP contribution in [0.15, 0.2) is 12.5 Å². The Hall–Kier alpha value is -0.870. The van der Waals surface area contributed by atoms with Crippen molar-refractivity contribution in [1.82, 2.24) is 14.5 Å². The highest BCUT2D eigenvalue weighted by Crippen LogP contribution is 2.18. The second-order valence-corrected chi connectivity index (χ2v) is 4.17. The fourth-order valence-corrected chi connectivity index (χ4v) is 2.34. The molecule has 1 aliphatic rings. The first-order valence-corrected chi connectivity index (χ1v) is 5.78. The summed E-state index contributed by atoms with van der Waals surface area (Å²) in [6, 6.07) is 0.574. The summed E-state index contributed by atoms with van der Waals surface area (Å²) in [5.41, 5.74) is 7.06. The van der Waals surface area contributed by atoms with Crippen LogP contribution in [0.2, 0.25) is 0 Å². The predicted octanol–water partition coefficient (Wildman–Crippen LogP) is 0.826. The van der Waals surface area contributed by atoms with Crippen LogP contribution >= 0.6 is 0 Å². The van der Waals surface area contributed by atoms with Crippen LogP contribution in [0.4, 0.5) is 0 Å². The maximum absolute atomic E-state index is 5.76. The van der Waals surface area contributed by atoms with Crippen molar-refractivity contribution in [1.29, 1.82) is 0 Å². The van der Waals surface area contributed by atoms with Gasteiger partial charge >= 0.3 is 0 Å². The number of nitrogens with two attached hydrogens (primary N) is 1. The van der Waals surface area contributed by atoms with Gasteiger partial charge in [0, 0.05) is 31.9 Å². The smallest absolute Gasteiger partial charge is 0.0948 e. The summed E-state index contributed by atoms with van der Waals surface area (Å²) in [6.07, 6.45) is 6.40. The molecule has 4 nitrogen and oxygen atoms in total. The molecule has 15 heavy (non-hydrogen) atoms. The van der Waals surface area contributed by atoms with Gasteiger partial charge in [0.1, 0.15) is 0 Å². The van der Waals surface area contributed by atoms with Crippen molar-refractivity contribution in [3.63, 3.8) is 0 Å². The molecule has 2 heterocycles. The van der Waals surface area contributed by atoms with Gasteiger partial charge in [-0.15, -0.1) is 0 Å². The Labute approximate surface area is 91.1 Å². The van der Waals surface area contributed by atoms with Gasteiger partial charge in [0.2, 0.25) is 0 Å². The van der Waals surface area contributed by atoms with E-state index in [9.17, 15) is 0 Å². The van der Waals surface area contributed by atoms with Crippen molar-refractivity contribution in [3.8, 4) is 0 Å². The predicted molar refractivity (Wildman–Crippen MR) is 60.4 cm³/mol. The van der Waals surface area contributed by atoms with Gasteiger partial charge in [-0.1, -0.05) is 0 Å². The van der Waals surface area contributed by atoms with E-state index in [-0.39, 0.29) is 0 Å². The lowest BCUT2D eigenvalue weighted by Gasteiger charge is -2.23. The maximum Gasteiger partial charge on any atom is 0.0948 e. The zero-order chi connectivity index (χ0) is 10.7. The maximum atomic E-state index is 5.76. The Kier molecular flexibility index (Phi) is 3.38. The van der Waals surface area contributed by atoms with E-state index in [1.807, 2.05) is 12.5 Å². The molecule has 2 N–H and O–H groups in total. The summed E-state index contributed by atoms with van der Waals surface area (Å²) in [5, 5.41) is 0. The van der Waals surface area contributed by atoms with E-state index in [0.29, 0.717) is 6.04 Å². The number of hydrogen-bond donors (Lipinski definition) is 1. The molecule has 1 aliphatic heterocycles. The zero-order valence-electron chi connectivity index (χ0n) is 9.39. The first-order chi connectivity index (χ1) is 7.35. The third-order valence-electron chi connectivity index (χ3n) is 3.28. The average molecular weight is 208 g/mol. The molecule has 0 bridgehead atoms. The molecule has 4 heteroatoms. The lowest BCUT2D eigenvalue weighted by molar-refractivity contribution is 0.244. The Morgan fingerprint density at radius 1 is 1.60 bits per heavy atom. The van der Waals surface area contributed by atoms with Gasteiger partial charge < -0.3 is 10.3 Å². The molecule has 1 saturated heterocycles. The summed E-state index contributed by atoms with van der Waals surface area (Å²) in [4.78, 5) is 6.67. The summed E-state index contributed by atoms with van der Waals surface area (Å²) >= 11 is 0. The van der Waals surface area contributed by atoms with Crippen LogP contribution in [0.1, 0.15) is 25.5 Å². The molecule has 0 radical (unpaired) electrons. The first-order valence-electron chi connectivity index (χ1n) is 5.78. The minimum atomic E-state index is 0.574. The molecule has 0 saturated carbocycles. The van der Waals surface area contributed by atoms with E-state index >= 15 is 0 Å². The van der Waals surface area contributed by atoms with Gasteiger partial charge in [-0.2, -0.15) is 0 Å². The summed E-state index contributed by atoms with van der Waals surface area (Å²) in [7, 11) is 0. The van der Waals surface area contributed by atoms with E-state index in [1.165, 1.54) is 25.1 Å². The Bertz CT molecular complexity index is 307. The molecule has 0 amide bonds. The normalized spacial score (nSPS) is 22.4. The van der Waals surface area contributed by atoms with Crippen LogP contribution in [0.5, 0.6) is 0 Å². The van der Waals surface area contributed by atoms with Gasteiger partial charge in [0.15, 0.2) is 0 Å². The molecule has 1 aromatic rings. The van der Waals surface area contributed by atoms with Gasteiger partial charge in [0.25, 0.3) is 0 Å². The standard InChI is InChI=1S/C11H20N4/c1-2-14-9-13-7-11(14)8-15-5-3-4-10(15)6-12/h7,9-10H,2-6,8,12H2,1H3. The summed E-state index contributed by atoms with van der Waals surface area (Å²) < 4.78 is 2.20. The second kappa shape index (κ2) is 4.77. The average Bonchev–Trinajstić information content (AvgIpc) is 2.87. The van der Waals surface area contributed by atoms with Gasteiger partial charge in [-0.3, -0.25) is 4.90 Å². The number of aryl methyl sites for hydroxylation is 1. The van der Waals surface area contributed by atoms with Crippen LogP contribution in [-0.2, 0) is 13.1 Å². The molecular formula is C11H20N4. The molecule has 0 aliphatic carbocycles. The monoisotopic (exact) mass is 208 g/mol. The minimum Gasteiger partial charge on any atom is -0.334 e. The van der Waals surface area contributed by atoms with Crippen LogP contribution in [0.25, 0.3) is 0 Å². The lowest BCUT2D eigenvalue weighted by Crippen LogP contribution is -2.35. The van der Waals surface area contributed by atoms with E-state index < -0.39 is 0 Å². The third-order valence-corrected chi connectivity index (χ3v) is 3.28. The number of rotatable bonds is 4. The SMILES string of the molecule is CCn1cncc1CN1CCCC1CN. The van der Waals surface area contributed by atoms with Crippen LogP contribution in [0.3, 0.4) is 0 Å². The fraction of sp³-hybridized carbons (Fsp3) is 0.727. The molecule has 0 spiro atoms. The highest BCUT2D eigenvalue weighted by molar-refractivity contribution is 4.99. The quantitative estimate of drug-likeness (QED) is 0.797. The molecule has 1 fully saturated rings. The van der Waals surface area contributed by atoms with Crippen molar-refractivity contribution in [2.75, 3.05) is 13.1 Å². The van der Waals surface area contributed by atoms with Crippen molar-refractivity contribution < 1.29 is 0 Å². The number of aromatic nitrogens is 2. The van der Waals surface area contributed by atoms with Crippen molar-refractivity contribution in [3.05, 3.63) is 18.2 Å². The number of likely N-dealkylation sites (tertiary alicyclic amines) is 1. The van der Waals surface area contributed by atoms with E-state index in [4.69, 9.17) is 5.73 Å². The third kappa shape index (κ3) is 2.21. The van der Waals surface area contributed by atoms with E-state index in [1.54, 1.807) is 0 Å². The van der Waals surface area contributed by atoms with Crippen LogP contribution < -0.4 is 5.73 Å². The highest BCUT2D eigenvalue weighted by atomic mass is 15.2. The fourth-order valence-electron chi connectivity index (χ4n) is 2.34. The molecule has 1 atom stereocenters. The Morgan fingerprint density at radius 3 is 3.20 bits per heavy atom. The van der Waals surface area contributed by atoms with Crippen molar-refractivity contribution in [2.24, 2.45) is 5.73 Å². The molecule has 2 rings (SSSR count). The molecular weight excluding hydrogens is 188 g/mol. The Morgan fingerprint density at radius 2 is 2.47 bits per heavy atom. The molecule has 1 aromatic heterocycles. The summed E-state index contributed by atoms with van der Waals surface area (Å²) in [5.74, 6) is 0. The van der Waals surface area contributed by atoms with E-state index in [2.05, 4.69) is 21.4 Å². The number of nitrogens with zero attached hydrogens (tertiary/aromatic N) is 3. The van der Waals surface area contributed by atoms with Crippen LogP contribution in [-0.4, -0.2) is 33.6 Å². The van der Waals surface area contributed by atoms with Crippen molar-refractivity contribution >= 4 is 0 Å². The highest BCUT2D eigenvalue weighted by Gasteiger charge is 2.23. The second-order valence-electron chi connectivity index (χ2n) is 4.17. The zero-order valence-corrected chi connectivity index (χ0v) is 9.39. The molecule has 84 valence electrons. The largest absolute Gasteiger partial charge is 0.334 e.